The first-order valence-corrected chi connectivity index (χ1v) is 6.76. The van der Waals surface area contributed by atoms with Crippen LogP contribution in [0, 0.1) is 0 Å². The fraction of sp³-hybridized carbons (Fsp3) is 0.125. The van der Waals surface area contributed by atoms with E-state index < -0.39 is 0 Å². The van der Waals surface area contributed by atoms with Crippen LogP contribution in [0.5, 0.6) is 17.2 Å². The molecule has 5 heteroatoms. The zero-order valence-corrected chi connectivity index (χ0v) is 11.2. The summed E-state index contributed by atoms with van der Waals surface area (Å²) in [4.78, 5) is 5.02. The molecule has 3 aromatic rings. The molecule has 0 aliphatic carbocycles. The lowest BCUT2D eigenvalue weighted by Crippen LogP contribution is -2.13. The Kier molecular flexibility index (Phi) is 2.33. The van der Waals surface area contributed by atoms with Crippen molar-refractivity contribution in [1.82, 2.24) is 4.98 Å². The van der Waals surface area contributed by atoms with E-state index in [0.717, 1.165) is 28.6 Å². The van der Waals surface area contributed by atoms with Crippen LogP contribution < -0.4 is 4.90 Å². The van der Waals surface area contributed by atoms with E-state index in [2.05, 4.69) is 4.98 Å². The summed E-state index contributed by atoms with van der Waals surface area (Å²) in [6.07, 6.45) is 2.59. The number of hydrogen-bond acceptors (Lipinski definition) is 4. The highest BCUT2D eigenvalue weighted by Gasteiger charge is 2.24. The third kappa shape index (κ3) is 1.71. The quantitative estimate of drug-likeness (QED) is 0.517. The van der Waals surface area contributed by atoms with E-state index in [-0.39, 0.29) is 17.2 Å². The molecular weight excluding hydrogens is 268 g/mol. The third-order valence-corrected chi connectivity index (χ3v) is 4.01. The predicted octanol–water partition coefficient (Wildman–Crippen LogP) is 2.98. The van der Waals surface area contributed by atoms with Gasteiger partial charge in [0.1, 0.15) is 5.75 Å². The molecule has 4 N–H and O–H groups in total. The van der Waals surface area contributed by atoms with Crippen molar-refractivity contribution in [2.45, 2.75) is 6.42 Å². The van der Waals surface area contributed by atoms with Gasteiger partial charge in [0.25, 0.3) is 0 Å². The Morgan fingerprint density at radius 3 is 2.57 bits per heavy atom. The molecule has 5 nitrogen and oxygen atoms in total. The van der Waals surface area contributed by atoms with E-state index in [1.54, 1.807) is 18.2 Å². The Balaban J connectivity index is 1.88. The molecule has 0 bridgehead atoms. The summed E-state index contributed by atoms with van der Waals surface area (Å²) in [7, 11) is 0. The number of aromatic hydroxyl groups is 3. The zero-order valence-electron chi connectivity index (χ0n) is 11.2. The molecule has 106 valence electrons. The third-order valence-electron chi connectivity index (χ3n) is 4.01. The number of phenols is 3. The Labute approximate surface area is 120 Å². The van der Waals surface area contributed by atoms with E-state index in [1.807, 2.05) is 23.2 Å². The number of nitrogens with zero attached hydrogens (tertiary/aromatic N) is 1. The first kappa shape index (κ1) is 12.0. The molecular formula is C16H14N2O3. The topological polar surface area (TPSA) is 79.7 Å². The van der Waals surface area contributed by atoms with Crippen LogP contribution in [-0.2, 0) is 6.42 Å². The van der Waals surface area contributed by atoms with Gasteiger partial charge in [0.2, 0.25) is 0 Å². The van der Waals surface area contributed by atoms with E-state index in [1.165, 1.54) is 0 Å². The lowest BCUT2D eigenvalue weighted by molar-refractivity contribution is 0.403. The normalized spacial score (nSPS) is 13.8. The molecule has 21 heavy (non-hydrogen) atoms. The average Bonchev–Trinajstić information content (AvgIpc) is 3.05. The van der Waals surface area contributed by atoms with E-state index in [4.69, 9.17) is 0 Å². The van der Waals surface area contributed by atoms with E-state index in [9.17, 15) is 15.3 Å². The molecule has 2 heterocycles. The summed E-state index contributed by atoms with van der Waals surface area (Å²) < 4.78 is 0. The predicted molar refractivity (Wildman–Crippen MR) is 80.4 cm³/mol. The molecule has 1 aliphatic rings. The van der Waals surface area contributed by atoms with Gasteiger partial charge in [0, 0.05) is 41.5 Å². The van der Waals surface area contributed by atoms with Gasteiger partial charge in [-0.15, -0.1) is 0 Å². The van der Waals surface area contributed by atoms with Crippen LogP contribution in [0.25, 0.3) is 10.9 Å². The van der Waals surface area contributed by atoms with Gasteiger partial charge in [-0.25, -0.2) is 0 Å². The van der Waals surface area contributed by atoms with Gasteiger partial charge < -0.3 is 25.2 Å². The van der Waals surface area contributed by atoms with Crippen molar-refractivity contribution in [2.75, 3.05) is 11.4 Å². The summed E-state index contributed by atoms with van der Waals surface area (Å²) in [5.41, 5.74) is 3.35. The molecule has 0 fully saturated rings. The minimum Gasteiger partial charge on any atom is -0.506 e. The van der Waals surface area contributed by atoms with Gasteiger partial charge >= 0.3 is 0 Å². The fourth-order valence-electron chi connectivity index (χ4n) is 2.96. The van der Waals surface area contributed by atoms with Crippen LogP contribution in [0.4, 0.5) is 11.4 Å². The van der Waals surface area contributed by atoms with Crippen LogP contribution in [0.2, 0.25) is 0 Å². The van der Waals surface area contributed by atoms with Gasteiger partial charge in [-0.1, -0.05) is 0 Å². The van der Waals surface area contributed by atoms with Crippen LogP contribution in [-0.4, -0.2) is 26.8 Å². The minimum atomic E-state index is -0.150. The molecule has 0 radical (unpaired) electrons. The van der Waals surface area contributed by atoms with Crippen molar-refractivity contribution in [3.63, 3.8) is 0 Å². The highest BCUT2D eigenvalue weighted by Crippen LogP contribution is 2.44. The Morgan fingerprint density at radius 2 is 1.71 bits per heavy atom. The number of rotatable bonds is 1. The maximum Gasteiger partial charge on any atom is 0.159 e. The van der Waals surface area contributed by atoms with Gasteiger partial charge in [-0.3, -0.25) is 0 Å². The lowest BCUT2D eigenvalue weighted by Gasteiger charge is -2.21. The molecule has 1 aliphatic heterocycles. The minimum absolute atomic E-state index is 0.110. The van der Waals surface area contributed by atoms with Crippen LogP contribution in [0.1, 0.15) is 5.56 Å². The summed E-state index contributed by atoms with van der Waals surface area (Å²) in [6.45, 7) is 0.696. The second-order valence-electron chi connectivity index (χ2n) is 5.28. The van der Waals surface area contributed by atoms with Crippen molar-refractivity contribution < 1.29 is 15.3 Å². The summed E-state index contributed by atoms with van der Waals surface area (Å²) >= 11 is 0. The molecule has 0 saturated heterocycles. The molecule has 0 atom stereocenters. The van der Waals surface area contributed by atoms with Crippen molar-refractivity contribution in [3.8, 4) is 17.2 Å². The molecule has 0 saturated carbocycles. The highest BCUT2D eigenvalue weighted by atomic mass is 16.3. The number of nitrogens with one attached hydrogen (secondary N) is 1. The van der Waals surface area contributed by atoms with Gasteiger partial charge in [0.05, 0.1) is 5.69 Å². The zero-order chi connectivity index (χ0) is 14.6. The van der Waals surface area contributed by atoms with Crippen LogP contribution in [0.3, 0.4) is 0 Å². The highest BCUT2D eigenvalue weighted by molar-refractivity contribution is 5.89. The fourth-order valence-corrected chi connectivity index (χ4v) is 2.96. The van der Waals surface area contributed by atoms with Crippen molar-refractivity contribution >= 4 is 22.3 Å². The van der Waals surface area contributed by atoms with E-state index >= 15 is 0 Å². The number of H-pyrrole nitrogens is 1. The molecule has 1 aromatic heterocycles. The largest absolute Gasteiger partial charge is 0.506 e. The number of anilines is 2. The number of hydrogen-bond donors (Lipinski definition) is 4. The molecule has 4 rings (SSSR count). The Morgan fingerprint density at radius 1 is 0.905 bits per heavy atom. The number of phenolic OH excluding ortho intramolecular Hbond substituents is 3. The molecule has 0 amide bonds. The smallest absolute Gasteiger partial charge is 0.159 e. The van der Waals surface area contributed by atoms with Crippen LogP contribution >= 0.6 is 0 Å². The number of benzene rings is 2. The van der Waals surface area contributed by atoms with Crippen LogP contribution in [0.15, 0.2) is 36.5 Å². The second kappa shape index (κ2) is 4.09. The first-order chi connectivity index (χ1) is 10.1. The second-order valence-corrected chi connectivity index (χ2v) is 5.28. The monoisotopic (exact) mass is 282 g/mol. The Bertz CT molecular complexity index is 854. The molecule has 0 spiro atoms. The lowest BCUT2D eigenvalue weighted by atomic mass is 10.1. The summed E-state index contributed by atoms with van der Waals surface area (Å²) in [5, 5.41) is 30.6. The number of aromatic nitrogens is 1. The standard InChI is InChI=1S/C16H14N2O3/c19-14-7-11-9(1-3-17-11)5-13(14)18-4-2-10-6-15(20)16(21)8-12(10)18/h1,3,5-8,17,19-21H,2,4H2. The summed E-state index contributed by atoms with van der Waals surface area (Å²) in [6, 6.07) is 8.68. The van der Waals surface area contributed by atoms with Crippen molar-refractivity contribution in [2.24, 2.45) is 0 Å². The SMILES string of the molecule is Oc1cc2c(cc1O)N(c1cc3cc[nH]c3cc1O)CC2. The van der Waals surface area contributed by atoms with Crippen molar-refractivity contribution in [1.29, 1.82) is 0 Å². The maximum atomic E-state index is 10.3. The summed E-state index contributed by atoms with van der Waals surface area (Å²) in [5.74, 6) is -0.0749. The maximum absolute atomic E-state index is 10.3. The van der Waals surface area contributed by atoms with Gasteiger partial charge in [0.15, 0.2) is 11.5 Å². The Hall–Kier alpha value is -2.82. The van der Waals surface area contributed by atoms with Gasteiger partial charge in [-0.05, 0) is 30.2 Å². The van der Waals surface area contributed by atoms with Crippen molar-refractivity contribution in [3.05, 3.63) is 42.1 Å². The van der Waals surface area contributed by atoms with Gasteiger partial charge in [-0.2, -0.15) is 0 Å². The average molecular weight is 282 g/mol. The molecule has 0 unspecified atom stereocenters. The number of aromatic amines is 1. The molecule has 2 aromatic carbocycles. The first-order valence-electron chi connectivity index (χ1n) is 6.76. The van der Waals surface area contributed by atoms with E-state index in [0.29, 0.717) is 12.2 Å². The number of fused-ring (bicyclic) bond motifs is 2.